The van der Waals surface area contributed by atoms with Crippen molar-refractivity contribution in [2.45, 2.75) is 20.0 Å². The standard InChI is InChI=1S/C15H22N6OS/c1-2-21-5-3-16-13(21)11-19-6-8-20(9-7-19)12-14(22)18-15-17-4-10-23-15/h3-5,10H,2,6-9,11-12H2,1H3,(H,17,18,22). The molecule has 0 aromatic carbocycles. The third kappa shape index (κ3) is 4.37. The van der Waals surface area contributed by atoms with Gasteiger partial charge in [-0.1, -0.05) is 0 Å². The number of aryl methyl sites for hydroxylation is 1. The van der Waals surface area contributed by atoms with Gasteiger partial charge in [0.1, 0.15) is 5.82 Å². The van der Waals surface area contributed by atoms with Crippen molar-refractivity contribution in [1.29, 1.82) is 0 Å². The largest absolute Gasteiger partial charge is 0.334 e. The third-order valence-electron chi connectivity index (χ3n) is 4.02. The van der Waals surface area contributed by atoms with Crippen molar-refractivity contribution in [3.05, 3.63) is 29.8 Å². The van der Waals surface area contributed by atoms with Crippen LogP contribution in [0.1, 0.15) is 12.7 Å². The zero-order valence-electron chi connectivity index (χ0n) is 13.3. The van der Waals surface area contributed by atoms with Crippen molar-refractivity contribution in [3.63, 3.8) is 0 Å². The van der Waals surface area contributed by atoms with Gasteiger partial charge in [0.15, 0.2) is 5.13 Å². The minimum atomic E-state index is 0.00919. The molecule has 0 spiro atoms. The zero-order valence-corrected chi connectivity index (χ0v) is 14.1. The quantitative estimate of drug-likeness (QED) is 0.857. The number of amides is 1. The number of aromatic nitrogens is 3. The van der Waals surface area contributed by atoms with E-state index in [0.717, 1.165) is 45.1 Å². The summed E-state index contributed by atoms with van der Waals surface area (Å²) in [6.45, 7) is 8.10. The fourth-order valence-corrected chi connectivity index (χ4v) is 3.28. The fraction of sp³-hybridized carbons (Fsp3) is 0.533. The lowest BCUT2D eigenvalue weighted by molar-refractivity contribution is -0.117. The summed E-state index contributed by atoms with van der Waals surface area (Å²) in [5, 5.41) is 5.35. The van der Waals surface area contributed by atoms with Gasteiger partial charge in [0.25, 0.3) is 0 Å². The highest BCUT2D eigenvalue weighted by atomic mass is 32.1. The molecule has 0 unspecified atom stereocenters. The van der Waals surface area contributed by atoms with Crippen molar-refractivity contribution in [1.82, 2.24) is 24.3 Å². The lowest BCUT2D eigenvalue weighted by Crippen LogP contribution is -2.48. The van der Waals surface area contributed by atoms with Gasteiger partial charge in [-0.2, -0.15) is 0 Å². The Morgan fingerprint density at radius 1 is 1.22 bits per heavy atom. The zero-order chi connectivity index (χ0) is 16.1. The second kappa shape index (κ2) is 7.67. The van der Waals surface area contributed by atoms with Crippen LogP contribution in [0.5, 0.6) is 0 Å². The maximum Gasteiger partial charge on any atom is 0.240 e. The number of rotatable bonds is 6. The predicted molar refractivity (Wildman–Crippen MR) is 90.4 cm³/mol. The number of hydrogen-bond donors (Lipinski definition) is 1. The Balaban J connectivity index is 1.42. The molecule has 2 aromatic heterocycles. The SMILES string of the molecule is CCn1ccnc1CN1CCN(CC(=O)Nc2nccs2)CC1. The van der Waals surface area contributed by atoms with Gasteiger partial charge in [0.05, 0.1) is 13.1 Å². The highest BCUT2D eigenvalue weighted by Crippen LogP contribution is 2.11. The Hall–Kier alpha value is -1.77. The molecule has 1 aliphatic heterocycles. The molecule has 8 heteroatoms. The van der Waals surface area contributed by atoms with Crippen molar-refractivity contribution in [2.24, 2.45) is 0 Å². The summed E-state index contributed by atoms with van der Waals surface area (Å²) in [5.41, 5.74) is 0. The number of carbonyl (C=O) groups is 1. The summed E-state index contributed by atoms with van der Waals surface area (Å²) < 4.78 is 2.17. The molecule has 0 atom stereocenters. The van der Waals surface area contributed by atoms with E-state index in [4.69, 9.17) is 0 Å². The molecule has 0 aliphatic carbocycles. The summed E-state index contributed by atoms with van der Waals surface area (Å²) in [7, 11) is 0. The smallest absolute Gasteiger partial charge is 0.240 e. The Labute approximate surface area is 139 Å². The van der Waals surface area contributed by atoms with Crippen LogP contribution < -0.4 is 5.32 Å². The highest BCUT2D eigenvalue weighted by molar-refractivity contribution is 7.13. The molecule has 1 N–H and O–H groups in total. The van der Waals surface area contributed by atoms with Gasteiger partial charge in [-0.15, -0.1) is 11.3 Å². The Morgan fingerprint density at radius 3 is 2.70 bits per heavy atom. The Bertz CT molecular complexity index is 618. The first-order valence-electron chi connectivity index (χ1n) is 7.88. The number of piperazine rings is 1. The minimum absolute atomic E-state index is 0.00919. The first-order chi connectivity index (χ1) is 11.2. The molecule has 0 bridgehead atoms. The summed E-state index contributed by atoms with van der Waals surface area (Å²) in [4.78, 5) is 25.1. The van der Waals surface area contributed by atoms with E-state index in [1.165, 1.54) is 11.3 Å². The minimum Gasteiger partial charge on any atom is -0.334 e. The first kappa shape index (κ1) is 16.1. The average Bonchev–Trinajstić information content (AvgIpc) is 3.20. The van der Waals surface area contributed by atoms with E-state index in [1.54, 1.807) is 6.20 Å². The van der Waals surface area contributed by atoms with Gasteiger partial charge in [-0.3, -0.25) is 14.6 Å². The third-order valence-corrected chi connectivity index (χ3v) is 4.71. The van der Waals surface area contributed by atoms with E-state index < -0.39 is 0 Å². The van der Waals surface area contributed by atoms with Crippen LogP contribution in [0.3, 0.4) is 0 Å². The summed E-state index contributed by atoms with van der Waals surface area (Å²) in [6.07, 6.45) is 5.58. The number of nitrogens with zero attached hydrogens (tertiary/aromatic N) is 5. The number of carbonyl (C=O) groups excluding carboxylic acids is 1. The number of hydrogen-bond acceptors (Lipinski definition) is 6. The normalized spacial score (nSPS) is 16.6. The van der Waals surface area contributed by atoms with Crippen LogP contribution in [0.2, 0.25) is 0 Å². The van der Waals surface area contributed by atoms with Gasteiger partial charge >= 0.3 is 0 Å². The first-order valence-corrected chi connectivity index (χ1v) is 8.76. The number of imidazole rings is 1. The molecule has 1 fully saturated rings. The molecule has 0 saturated carbocycles. The molecule has 23 heavy (non-hydrogen) atoms. The molecule has 2 aromatic rings. The molecule has 1 aliphatic rings. The molecule has 0 radical (unpaired) electrons. The number of nitrogens with one attached hydrogen (secondary N) is 1. The van der Waals surface area contributed by atoms with E-state index >= 15 is 0 Å². The van der Waals surface area contributed by atoms with E-state index in [2.05, 4.69) is 36.6 Å². The van der Waals surface area contributed by atoms with Crippen LogP contribution in [0, 0.1) is 0 Å². The highest BCUT2D eigenvalue weighted by Gasteiger charge is 2.20. The Kier molecular flexibility index (Phi) is 5.37. The molecular formula is C15H22N6OS. The van der Waals surface area contributed by atoms with Crippen LogP contribution in [0.25, 0.3) is 0 Å². The van der Waals surface area contributed by atoms with Crippen LogP contribution in [-0.2, 0) is 17.9 Å². The van der Waals surface area contributed by atoms with Crippen LogP contribution in [0.15, 0.2) is 24.0 Å². The maximum atomic E-state index is 12.0. The molecule has 1 saturated heterocycles. The molecule has 3 rings (SSSR count). The lowest BCUT2D eigenvalue weighted by Gasteiger charge is -2.34. The number of anilines is 1. The average molecular weight is 334 g/mol. The van der Waals surface area contributed by atoms with Gasteiger partial charge < -0.3 is 9.88 Å². The van der Waals surface area contributed by atoms with Gasteiger partial charge in [0, 0.05) is 56.7 Å². The van der Waals surface area contributed by atoms with Crippen molar-refractivity contribution >= 4 is 22.4 Å². The van der Waals surface area contributed by atoms with Crippen molar-refractivity contribution in [2.75, 3.05) is 38.0 Å². The van der Waals surface area contributed by atoms with Crippen LogP contribution in [-0.4, -0.2) is 63.0 Å². The van der Waals surface area contributed by atoms with Crippen LogP contribution >= 0.6 is 11.3 Å². The lowest BCUT2D eigenvalue weighted by atomic mass is 10.3. The van der Waals surface area contributed by atoms with E-state index in [-0.39, 0.29) is 5.91 Å². The number of thiazole rings is 1. The van der Waals surface area contributed by atoms with E-state index in [1.807, 2.05) is 17.8 Å². The maximum absolute atomic E-state index is 12.0. The van der Waals surface area contributed by atoms with Crippen molar-refractivity contribution in [3.8, 4) is 0 Å². The predicted octanol–water partition coefficient (Wildman–Crippen LogP) is 1.12. The molecule has 3 heterocycles. The van der Waals surface area contributed by atoms with Gasteiger partial charge in [-0.05, 0) is 6.92 Å². The van der Waals surface area contributed by atoms with Crippen molar-refractivity contribution < 1.29 is 4.79 Å². The topological polar surface area (TPSA) is 66.3 Å². The van der Waals surface area contributed by atoms with Crippen LogP contribution in [0.4, 0.5) is 5.13 Å². The summed E-state index contributed by atoms with van der Waals surface area (Å²) in [6, 6.07) is 0. The molecule has 7 nitrogen and oxygen atoms in total. The molecule has 1 amide bonds. The second-order valence-electron chi connectivity index (χ2n) is 5.57. The van der Waals surface area contributed by atoms with E-state index in [0.29, 0.717) is 11.7 Å². The Morgan fingerprint density at radius 2 is 2.00 bits per heavy atom. The second-order valence-corrected chi connectivity index (χ2v) is 6.46. The van der Waals surface area contributed by atoms with Gasteiger partial charge in [-0.25, -0.2) is 9.97 Å². The fourth-order valence-electron chi connectivity index (χ4n) is 2.73. The molecule has 124 valence electrons. The monoisotopic (exact) mass is 334 g/mol. The van der Waals surface area contributed by atoms with E-state index in [9.17, 15) is 4.79 Å². The van der Waals surface area contributed by atoms with Gasteiger partial charge in [0.2, 0.25) is 5.91 Å². The molecular weight excluding hydrogens is 312 g/mol. The summed E-state index contributed by atoms with van der Waals surface area (Å²) in [5.74, 6) is 1.12. The summed E-state index contributed by atoms with van der Waals surface area (Å²) >= 11 is 1.44.